The molecule has 294 valence electrons. The maximum Gasteiger partial charge on any atom is 0.187 e. The number of fused-ring (bicyclic) bond motifs is 3. The van der Waals surface area contributed by atoms with Crippen molar-refractivity contribution in [2.75, 3.05) is 0 Å². The van der Waals surface area contributed by atoms with Gasteiger partial charge in [0.1, 0.15) is 0 Å². The summed E-state index contributed by atoms with van der Waals surface area (Å²) in [6, 6.07) is 74.6. The molecule has 11 rings (SSSR count). The third-order valence-corrected chi connectivity index (χ3v) is 11.5. The van der Waals surface area contributed by atoms with Crippen LogP contribution in [0.25, 0.3) is 111 Å². The molecule has 0 saturated heterocycles. The molecule has 3 heterocycles. The molecular weight excluding hydrogens is 769 g/mol. The molecule has 0 bridgehead atoms. The first-order valence-corrected chi connectivity index (χ1v) is 20.8. The molecule has 3 aromatic heterocycles. The van der Waals surface area contributed by atoms with Crippen molar-refractivity contribution in [3.05, 3.63) is 230 Å². The fourth-order valence-corrected chi connectivity index (χ4v) is 8.36. The van der Waals surface area contributed by atoms with Crippen LogP contribution in [0.1, 0.15) is 0 Å². The second kappa shape index (κ2) is 16.0. The fourth-order valence-electron chi connectivity index (χ4n) is 8.36. The third-order valence-electron chi connectivity index (χ3n) is 11.5. The number of rotatable bonds is 8. The minimum absolute atomic E-state index is 0.581. The van der Waals surface area contributed by atoms with E-state index in [1.807, 2.05) is 97.1 Å². The van der Waals surface area contributed by atoms with Crippen molar-refractivity contribution in [3.63, 3.8) is 0 Å². The van der Waals surface area contributed by atoms with Crippen LogP contribution in [-0.4, -0.2) is 24.5 Å². The lowest BCUT2D eigenvalue weighted by Crippen LogP contribution is -2.03. The van der Waals surface area contributed by atoms with Gasteiger partial charge in [0.25, 0.3) is 0 Å². The summed E-state index contributed by atoms with van der Waals surface area (Å²) in [4.78, 5) is 24.8. The summed E-state index contributed by atoms with van der Waals surface area (Å²) >= 11 is 0. The zero-order valence-corrected chi connectivity index (χ0v) is 34.0. The van der Waals surface area contributed by atoms with E-state index in [2.05, 4.69) is 131 Å². The second-order valence-electron chi connectivity index (χ2n) is 15.4. The van der Waals surface area contributed by atoms with E-state index in [-0.39, 0.29) is 0 Å². The lowest BCUT2D eigenvalue weighted by atomic mass is 10.0. The van der Waals surface area contributed by atoms with Crippen LogP contribution in [0.3, 0.4) is 0 Å². The third kappa shape index (κ3) is 7.10. The molecule has 0 radical (unpaired) electrons. The molecule has 0 saturated carbocycles. The van der Waals surface area contributed by atoms with Gasteiger partial charge in [-0.15, -0.1) is 0 Å². The summed E-state index contributed by atoms with van der Waals surface area (Å²) < 4.78 is 2.33. The predicted octanol–water partition coefficient (Wildman–Crippen LogP) is 14.6. The number of nitrogens with zero attached hydrogens (tertiary/aromatic N) is 6. The van der Waals surface area contributed by atoms with Crippen LogP contribution in [0.4, 0.5) is 5.69 Å². The summed E-state index contributed by atoms with van der Waals surface area (Å²) in [6.07, 6.45) is 0. The van der Waals surface area contributed by atoms with Gasteiger partial charge in [-0.1, -0.05) is 170 Å². The molecule has 11 aromatic rings. The molecular formula is C57H36N6. The Labute approximate surface area is 365 Å². The Hall–Kier alpha value is -8.79. The average Bonchev–Trinajstić information content (AvgIpc) is 3.70. The first-order chi connectivity index (χ1) is 31.2. The molecule has 0 atom stereocenters. The summed E-state index contributed by atoms with van der Waals surface area (Å²) in [5, 5.41) is 2.24. The summed E-state index contributed by atoms with van der Waals surface area (Å²) in [5.41, 5.74) is 14.8. The molecule has 0 aliphatic rings. The van der Waals surface area contributed by atoms with Gasteiger partial charge in [-0.2, -0.15) is 0 Å². The molecule has 6 nitrogen and oxygen atoms in total. The van der Waals surface area contributed by atoms with Crippen LogP contribution in [0.5, 0.6) is 0 Å². The SMILES string of the molecule is [C-]#[N+]c1ccc(-c2ccc3c(c2)c2ccccc2n3-c2ccc(-c3nc(-c4ccccc4)cc(-c4ccccc4)n3)cc2-c2nc(-c3ccccc3)cc(-c3ccccc3)n2)cc1. The van der Waals surface area contributed by atoms with E-state index in [0.717, 1.165) is 94.8 Å². The number of hydrogen-bond donors (Lipinski definition) is 0. The molecule has 0 amide bonds. The number of aromatic nitrogens is 5. The molecule has 8 aromatic carbocycles. The van der Waals surface area contributed by atoms with E-state index >= 15 is 0 Å². The first kappa shape index (κ1) is 37.2. The van der Waals surface area contributed by atoms with Crippen molar-refractivity contribution in [1.29, 1.82) is 0 Å². The van der Waals surface area contributed by atoms with Crippen LogP contribution in [0.15, 0.2) is 218 Å². The highest BCUT2D eigenvalue weighted by Crippen LogP contribution is 2.40. The molecule has 0 spiro atoms. The van der Waals surface area contributed by atoms with E-state index in [9.17, 15) is 0 Å². The van der Waals surface area contributed by atoms with Crippen molar-refractivity contribution in [2.45, 2.75) is 0 Å². The van der Waals surface area contributed by atoms with Gasteiger partial charge in [-0.3, -0.25) is 0 Å². The lowest BCUT2D eigenvalue weighted by molar-refractivity contribution is 1.13. The van der Waals surface area contributed by atoms with Crippen LogP contribution in [0.2, 0.25) is 0 Å². The number of para-hydroxylation sites is 1. The highest BCUT2D eigenvalue weighted by Gasteiger charge is 2.21. The van der Waals surface area contributed by atoms with Gasteiger partial charge in [0.15, 0.2) is 17.3 Å². The van der Waals surface area contributed by atoms with Gasteiger partial charge >= 0.3 is 0 Å². The standard InChI is InChI=1S/C57H36N6/c1-58-45-30-26-38(27-31-45)43-28-32-54-47(34-43)46-24-14-15-25-53(46)63(54)55-33-29-44(56-59-49(39-16-6-2-7-17-39)36-50(60-56)40-18-8-3-9-19-40)35-48(55)57-61-51(41-20-10-4-11-21-41)37-52(62-57)42-22-12-5-13-23-42/h2-37H. The molecule has 0 unspecified atom stereocenters. The van der Waals surface area contributed by atoms with Crippen LogP contribution < -0.4 is 0 Å². The maximum absolute atomic E-state index is 7.45. The van der Waals surface area contributed by atoms with E-state index in [1.54, 1.807) is 0 Å². The molecule has 63 heavy (non-hydrogen) atoms. The minimum atomic E-state index is 0.581. The van der Waals surface area contributed by atoms with Gasteiger partial charge in [-0.05, 0) is 59.7 Å². The summed E-state index contributed by atoms with van der Waals surface area (Å²) in [6.45, 7) is 7.45. The largest absolute Gasteiger partial charge is 0.309 e. The lowest BCUT2D eigenvalue weighted by Gasteiger charge is -2.17. The Morgan fingerprint density at radius 3 is 1.30 bits per heavy atom. The minimum Gasteiger partial charge on any atom is -0.309 e. The molecule has 6 heteroatoms. The van der Waals surface area contributed by atoms with Crippen molar-refractivity contribution < 1.29 is 0 Å². The quantitative estimate of drug-likeness (QED) is 0.144. The molecule has 0 aliphatic carbocycles. The molecule has 0 fully saturated rings. The Morgan fingerprint density at radius 2 is 0.778 bits per heavy atom. The monoisotopic (exact) mass is 804 g/mol. The summed E-state index contributed by atoms with van der Waals surface area (Å²) in [5.74, 6) is 1.18. The van der Waals surface area contributed by atoms with Crippen LogP contribution in [-0.2, 0) is 0 Å². The Kier molecular flexibility index (Phi) is 9.45. The Balaban J connectivity index is 1.18. The molecule has 0 aliphatic heterocycles. The van der Waals surface area contributed by atoms with E-state index in [4.69, 9.17) is 26.5 Å². The highest BCUT2D eigenvalue weighted by atomic mass is 15.0. The Morgan fingerprint density at radius 1 is 0.333 bits per heavy atom. The van der Waals surface area contributed by atoms with Crippen molar-refractivity contribution in [1.82, 2.24) is 24.5 Å². The molecule has 0 N–H and O–H groups in total. The van der Waals surface area contributed by atoms with Gasteiger partial charge in [0.2, 0.25) is 0 Å². The Bertz CT molecular complexity index is 3370. The van der Waals surface area contributed by atoms with Gasteiger partial charge in [-0.25, -0.2) is 24.8 Å². The van der Waals surface area contributed by atoms with Crippen LogP contribution in [0, 0.1) is 6.57 Å². The smallest absolute Gasteiger partial charge is 0.187 e. The zero-order valence-electron chi connectivity index (χ0n) is 34.0. The van der Waals surface area contributed by atoms with E-state index < -0.39 is 0 Å². The maximum atomic E-state index is 7.45. The zero-order chi connectivity index (χ0) is 42.1. The second-order valence-corrected chi connectivity index (χ2v) is 15.4. The van der Waals surface area contributed by atoms with Crippen molar-refractivity contribution in [3.8, 4) is 84.6 Å². The summed E-state index contributed by atoms with van der Waals surface area (Å²) in [7, 11) is 0. The van der Waals surface area contributed by atoms with E-state index in [1.165, 1.54) is 0 Å². The fraction of sp³-hybridized carbons (Fsp3) is 0. The van der Waals surface area contributed by atoms with Crippen molar-refractivity contribution >= 4 is 27.5 Å². The van der Waals surface area contributed by atoms with Crippen molar-refractivity contribution in [2.24, 2.45) is 0 Å². The van der Waals surface area contributed by atoms with Gasteiger partial charge in [0, 0.05) is 44.2 Å². The van der Waals surface area contributed by atoms with Gasteiger partial charge in [0.05, 0.1) is 46.1 Å². The highest BCUT2D eigenvalue weighted by molar-refractivity contribution is 6.11. The topological polar surface area (TPSA) is 60.9 Å². The predicted molar refractivity (Wildman–Crippen MR) is 256 cm³/mol. The van der Waals surface area contributed by atoms with Gasteiger partial charge < -0.3 is 4.57 Å². The van der Waals surface area contributed by atoms with Crippen LogP contribution >= 0.6 is 0 Å². The van der Waals surface area contributed by atoms with E-state index in [0.29, 0.717) is 17.3 Å². The number of benzene rings is 8. The normalized spacial score (nSPS) is 11.2. The number of hydrogen-bond acceptors (Lipinski definition) is 4. The first-order valence-electron chi connectivity index (χ1n) is 20.8. The average molecular weight is 805 g/mol.